The summed E-state index contributed by atoms with van der Waals surface area (Å²) in [6.07, 6.45) is 1.18. The lowest BCUT2D eigenvalue weighted by atomic mass is 9.94. The van der Waals surface area contributed by atoms with Crippen LogP contribution in [-0.4, -0.2) is 40.6 Å². The molecule has 1 saturated heterocycles. The summed E-state index contributed by atoms with van der Waals surface area (Å²) in [6, 6.07) is 18.6. The van der Waals surface area contributed by atoms with Crippen LogP contribution in [0.25, 0.3) is 10.4 Å². The molecule has 2 aliphatic rings. The first-order chi connectivity index (χ1) is 15.7. The number of aliphatic hydroxyl groups excluding tert-OH is 1. The van der Waals surface area contributed by atoms with Gasteiger partial charge in [-0.25, -0.2) is 4.79 Å². The van der Waals surface area contributed by atoms with Gasteiger partial charge in [0.15, 0.2) is 6.29 Å². The third-order valence-electron chi connectivity index (χ3n) is 6.07. The van der Waals surface area contributed by atoms with Crippen LogP contribution in [0.15, 0.2) is 65.8 Å². The number of carbonyl (C=O) groups is 1. The molecule has 1 N–H and O–H groups in total. The van der Waals surface area contributed by atoms with Gasteiger partial charge >= 0.3 is 6.09 Å². The lowest BCUT2D eigenvalue weighted by molar-refractivity contribution is -0.190. The fourth-order valence-electron chi connectivity index (χ4n) is 4.32. The number of hydrogen-bond donors (Lipinski definition) is 1. The summed E-state index contributed by atoms with van der Waals surface area (Å²) in [5.74, 6) is 0.288. The Morgan fingerprint density at radius 1 is 1.09 bits per heavy atom. The minimum Gasteiger partial charge on any atom is -0.445 e. The average Bonchev–Trinajstić information content (AvgIpc) is 3.65. The van der Waals surface area contributed by atoms with Gasteiger partial charge in [-0.3, -0.25) is 4.90 Å². The number of aliphatic hydroxyl groups is 1. The number of carbonyl (C=O) groups excluding carboxylic acids is 1. The third kappa shape index (κ3) is 5.59. The second-order valence-electron chi connectivity index (χ2n) is 8.40. The largest absolute Gasteiger partial charge is 0.445 e. The van der Waals surface area contributed by atoms with Gasteiger partial charge in [0.1, 0.15) is 6.61 Å². The van der Waals surface area contributed by atoms with Gasteiger partial charge in [0, 0.05) is 11.5 Å². The molecule has 0 bridgehead atoms. The lowest BCUT2D eigenvalue weighted by Crippen LogP contribution is -2.53. The van der Waals surface area contributed by atoms with Crippen molar-refractivity contribution < 1.29 is 19.4 Å². The number of hydrogen-bond acceptors (Lipinski definition) is 5. The Kier molecular flexibility index (Phi) is 7.27. The van der Waals surface area contributed by atoms with E-state index in [1.165, 1.54) is 0 Å². The van der Waals surface area contributed by atoms with Crippen molar-refractivity contribution in [3.63, 3.8) is 0 Å². The van der Waals surface area contributed by atoms with Crippen LogP contribution >= 0.6 is 0 Å². The van der Waals surface area contributed by atoms with E-state index in [0.717, 1.165) is 24.0 Å². The van der Waals surface area contributed by atoms with E-state index in [0.29, 0.717) is 19.4 Å². The normalized spacial score (nSPS) is 23.6. The molecule has 2 fully saturated rings. The van der Waals surface area contributed by atoms with Crippen LogP contribution in [0, 0.1) is 5.92 Å². The molecule has 4 atom stereocenters. The van der Waals surface area contributed by atoms with Gasteiger partial charge in [0.05, 0.1) is 18.2 Å². The monoisotopic (exact) mass is 436 g/mol. The summed E-state index contributed by atoms with van der Waals surface area (Å²) >= 11 is 0. The molecular weight excluding hydrogens is 408 g/mol. The molecule has 0 radical (unpaired) electrons. The quantitative estimate of drug-likeness (QED) is 0.365. The average molecular weight is 437 g/mol. The molecule has 32 heavy (non-hydrogen) atoms. The first-order valence-electron chi connectivity index (χ1n) is 11.0. The highest BCUT2D eigenvalue weighted by Gasteiger charge is 2.46. The first-order valence-corrected chi connectivity index (χ1v) is 11.0. The molecule has 0 spiro atoms. The minimum absolute atomic E-state index is 0.190. The van der Waals surface area contributed by atoms with E-state index >= 15 is 0 Å². The van der Waals surface area contributed by atoms with Crippen molar-refractivity contribution in [2.75, 3.05) is 0 Å². The first kappa shape index (κ1) is 22.1. The van der Waals surface area contributed by atoms with E-state index in [9.17, 15) is 9.90 Å². The van der Waals surface area contributed by atoms with Crippen LogP contribution in [-0.2, 0) is 22.6 Å². The Labute approximate surface area is 187 Å². The number of rotatable bonds is 8. The van der Waals surface area contributed by atoms with Crippen LogP contribution in [0.4, 0.5) is 4.79 Å². The predicted molar refractivity (Wildman–Crippen MR) is 118 cm³/mol. The number of benzene rings is 2. The summed E-state index contributed by atoms with van der Waals surface area (Å²) < 4.78 is 11.6. The van der Waals surface area contributed by atoms with Gasteiger partial charge in [0.25, 0.3) is 0 Å². The lowest BCUT2D eigenvalue weighted by Gasteiger charge is -2.41. The Bertz CT molecular complexity index is 932. The SMILES string of the molecule is [N-]=[N+]=NC1CC[C@@H](C(C2CC2)N(Cc2ccccc2)C(=O)OCc2ccccc2)OC1O. The zero-order valence-electron chi connectivity index (χ0n) is 17.9. The minimum atomic E-state index is -1.18. The van der Waals surface area contributed by atoms with Crippen molar-refractivity contribution in [2.45, 2.75) is 63.3 Å². The number of azide groups is 1. The third-order valence-corrected chi connectivity index (χ3v) is 6.07. The maximum Gasteiger partial charge on any atom is 0.410 e. The van der Waals surface area contributed by atoms with Gasteiger partial charge in [0.2, 0.25) is 0 Å². The molecule has 4 rings (SSSR count). The molecule has 2 aromatic rings. The van der Waals surface area contributed by atoms with Crippen LogP contribution in [0.5, 0.6) is 0 Å². The highest BCUT2D eigenvalue weighted by Crippen LogP contribution is 2.41. The molecule has 3 unspecified atom stereocenters. The van der Waals surface area contributed by atoms with Crippen LogP contribution in [0.3, 0.4) is 0 Å². The highest BCUT2D eigenvalue weighted by molar-refractivity contribution is 5.68. The fourth-order valence-corrected chi connectivity index (χ4v) is 4.32. The van der Waals surface area contributed by atoms with E-state index in [4.69, 9.17) is 15.0 Å². The topological polar surface area (TPSA) is 108 Å². The Hall–Kier alpha value is -3.06. The molecule has 1 amide bonds. The molecule has 0 aromatic heterocycles. The molecule has 2 aromatic carbocycles. The zero-order valence-corrected chi connectivity index (χ0v) is 17.9. The maximum absolute atomic E-state index is 13.3. The molecule has 1 aliphatic carbocycles. The van der Waals surface area contributed by atoms with E-state index in [1.807, 2.05) is 60.7 Å². The van der Waals surface area contributed by atoms with E-state index in [1.54, 1.807) is 4.90 Å². The van der Waals surface area contributed by atoms with E-state index < -0.39 is 18.4 Å². The second-order valence-corrected chi connectivity index (χ2v) is 8.40. The van der Waals surface area contributed by atoms with Crippen molar-refractivity contribution >= 4 is 6.09 Å². The van der Waals surface area contributed by atoms with Crippen LogP contribution < -0.4 is 0 Å². The molecule has 1 saturated carbocycles. The molecule has 168 valence electrons. The van der Waals surface area contributed by atoms with Crippen molar-refractivity contribution in [3.05, 3.63) is 82.2 Å². The highest BCUT2D eigenvalue weighted by atomic mass is 16.6. The van der Waals surface area contributed by atoms with Gasteiger partial charge in [-0.2, -0.15) is 0 Å². The van der Waals surface area contributed by atoms with Gasteiger partial charge in [-0.15, -0.1) is 0 Å². The number of nitrogens with zero attached hydrogens (tertiary/aromatic N) is 4. The zero-order chi connectivity index (χ0) is 22.3. The fraction of sp³-hybridized carbons (Fsp3) is 0.458. The molecule has 8 nitrogen and oxygen atoms in total. The van der Waals surface area contributed by atoms with Crippen molar-refractivity contribution in [1.29, 1.82) is 0 Å². The Balaban J connectivity index is 1.53. The molecule has 1 aliphatic heterocycles. The summed E-state index contributed by atoms with van der Waals surface area (Å²) in [7, 11) is 0. The predicted octanol–water partition coefficient (Wildman–Crippen LogP) is 4.78. The van der Waals surface area contributed by atoms with Gasteiger partial charge < -0.3 is 14.6 Å². The summed E-state index contributed by atoms with van der Waals surface area (Å²) in [6.45, 7) is 0.584. The number of ether oxygens (including phenoxy) is 2. The second kappa shape index (κ2) is 10.5. The summed E-state index contributed by atoms with van der Waals surface area (Å²) in [5, 5.41) is 14.0. The van der Waals surface area contributed by atoms with E-state index in [-0.39, 0.29) is 24.7 Å². The molecule has 1 heterocycles. The molecule has 8 heteroatoms. The Morgan fingerprint density at radius 2 is 1.75 bits per heavy atom. The standard InChI is InChI=1S/C24H28N4O4/c25-27-26-20-13-14-21(32-23(20)29)22(19-11-12-19)28(15-17-7-3-1-4-8-17)24(30)31-16-18-9-5-2-6-10-18/h1-10,19-23,29H,11-16H2/t20?,21-,22?,23?/m0/s1. The van der Waals surface area contributed by atoms with Gasteiger partial charge in [-0.05, 0) is 48.3 Å². The van der Waals surface area contributed by atoms with Crippen LogP contribution in [0.2, 0.25) is 0 Å². The van der Waals surface area contributed by atoms with Crippen LogP contribution in [0.1, 0.15) is 36.8 Å². The van der Waals surface area contributed by atoms with Gasteiger partial charge in [-0.1, -0.05) is 65.8 Å². The van der Waals surface area contributed by atoms with E-state index in [2.05, 4.69) is 10.0 Å². The number of amides is 1. The molecular formula is C24H28N4O4. The summed E-state index contributed by atoms with van der Waals surface area (Å²) in [5.41, 5.74) is 10.6. The maximum atomic E-state index is 13.3. The Morgan fingerprint density at radius 3 is 2.34 bits per heavy atom. The smallest absolute Gasteiger partial charge is 0.410 e. The van der Waals surface area contributed by atoms with Crippen molar-refractivity contribution in [2.24, 2.45) is 11.0 Å². The van der Waals surface area contributed by atoms with Crippen molar-refractivity contribution in [1.82, 2.24) is 4.90 Å². The van der Waals surface area contributed by atoms with Crippen molar-refractivity contribution in [3.8, 4) is 0 Å². The summed E-state index contributed by atoms with van der Waals surface area (Å²) in [4.78, 5) is 17.9.